The molecule has 1 aromatic carbocycles. The molecular formula is C12H11ClFN3O. The standard InChI is InChI=1S/C12H11ClFN3O/c1-7-11(14)12(17-6-16-7)18-10-4-2-3-9(13)8(10)5-15/h2-4,6H,5,15H2,1H3. The van der Waals surface area contributed by atoms with E-state index in [1.807, 2.05) is 0 Å². The van der Waals surface area contributed by atoms with E-state index in [0.29, 0.717) is 16.3 Å². The van der Waals surface area contributed by atoms with Crippen molar-refractivity contribution in [2.24, 2.45) is 5.73 Å². The van der Waals surface area contributed by atoms with Crippen LogP contribution in [0.3, 0.4) is 0 Å². The van der Waals surface area contributed by atoms with E-state index in [1.165, 1.54) is 13.3 Å². The molecule has 0 aliphatic carbocycles. The van der Waals surface area contributed by atoms with Crippen LogP contribution in [0.25, 0.3) is 0 Å². The first kappa shape index (κ1) is 12.7. The smallest absolute Gasteiger partial charge is 0.259 e. The monoisotopic (exact) mass is 267 g/mol. The van der Waals surface area contributed by atoms with E-state index in [0.717, 1.165) is 0 Å². The van der Waals surface area contributed by atoms with Gasteiger partial charge in [0.05, 0.1) is 5.69 Å². The minimum Gasteiger partial charge on any atom is -0.436 e. The minimum atomic E-state index is -0.597. The summed E-state index contributed by atoms with van der Waals surface area (Å²) in [5.74, 6) is -0.345. The average Bonchev–Trinajstić information content (AvgIpc) is 2.35. The van der Waals surface area contributed by atoms with Crippen LogP contribution in [0.15, 0.2) is 24.5 Å². The molecule has 6 heteroatoms. The normalized spacial score (nSPS) is 10.4. The van der Waals surface area contributed by atoms with Gasteiger partial charge in [-0.1, -0.05) is 17.7 Å². The van der Waals surface area contributed by atoms with E-state index >= 15 is 0 Å². The van der Waals surface area contributed by atoms with Gasteiger partial charge in [0.25, 0.3) is 5.88 Å². The maximum atomic E-state index is 13.7. The Morgan fingerprint density at radius 3 is 2.89 bits per heavy atom. The summed E-state index contributed by atoms with van der Waals surface area (Å²) in [5.41, 5.74) is 6.41. The number of rotatable bonds is 3. The number of benzene rings is 1. The Kier molecular flexibility index (Phi) is 3.74. The van der Waals surface area contributed by atoms with Crippen LogP contribution in [0.4, 0.5) is 4.39 Å². The Hall–Kier alpha value is -1.72. The highest BCUT2D eigenvalue weighted by Crippen LogP contribution is 2.30. The third-order valence-electron chi connectivity index (χ3n) is 2.42. The third-order valence-corrected chi connectivity index (χ3v) is 2.77. The molecule has 0 bridgehead atoms. The zero-order chi connectivity index (χ0) is 13.1. The van der Waals surface area contributed by atoms with E-state index in [4.69, 9.17) is 22.1 Å². The van der Waals surface area contributed by atoms with Gasteiger partial charge in [-0.25, -0.2) is 4.98 Å². The number of hydrogen-bond donors (Lipinski definition) is 1. The van der Waals surface area contributed by atoms with Gasteiger partial charge < -0.3 is 10.5 Å². The third kappa shape index (κ3) is 2.42. The number of halogens is 2. The highest BCUT2D eigenvalue weighted by atomic mass is 35.5. The van der Waals surface area contributed by atoms with Gasteiger partial charge in [-0.3, -0.25) is 0 Å². The Morgan fingerprint density at radius 1 is 1.39 bits per heavy atom. The highest BCUT2D eigenvalue weighted by Gasteiger charge is 2.13. The van der Waals surface area contributed by atoms with Crippen LogP contribution in [-0.2, 0) is 6.54 Å². The fraction of sp³-hybridized carbons (Fsp3) is 0.167. The van der Waals surface area contributed by atoms with Gasteiger partial charge in [0, 0.05) is 17.1 Å². The van der Waals surface area contributed by atoms with E-state index in [2.05, 4.69) is 9.97 Å². The SMILES string of the molecule is Cc1ncnc(Oc2cccc(Cl)c2CN)c1F. The number of nitrogens with zero attached hydrogens (tertiary/aromatic N) is 2. The van der Waals surface area contributed by atoms with Gasteiger partial charge >= 0.3 is 0 Å². The van der Waals surface area contributed by atoms with Crippen LogP contribution >= 0.6 is 11.6 Å². The molecule has 2 aromatic rings. The summed E-state index contributed by atoms with van der Waals surface area (Å²) in [5, 5.41) is 0.473. The fourth-order valence-corrected chi connectivity index (χ4v) is 1.69. The molecule has 0 amide bonds. The first-order valence-corrected chi connectivity index (χ1v) is 5.63. The lowest BCUT2D eigenvalue weighted by atomic mass is 10.2. The summed E-state index contributed by atoms with van der Waals surface area (Å²) in [6.45, 7) is 1.73. The molecule has 0 spiro atoms. The Balaban J connectivity index is 2.40. The molecule has 0 aliphatic rings. The van der Waals surface area contributed by atoms with Crippen LogP contribution in [0.1, 0.15) is 11.3 Å². The van der Waals surface area contributed by atoms with Crippen LogP contribution in [0.5, 0.6) is 11.6 Å². The molecule has 4 nitrogen and oxygen atoms in total. The Morgan fingerprint density at radius 2 is 2.17 bits per heavy atom. The van der Waals surface area contributed by atoms with Crippen molar-refractivity contribution in [1.82, 2.24) is 9.97 Å². The van der Waals surface area contributed by atoms with E-state index < -0.39 is 5.82 Å². The largest absolute Gasteiger partial charge is 0.436 e. The molecule has 0 radical (unpaired) electrons. The summed E-state index contributed by atoms with van der Waals surface area (Å²) >= 11 is 5.98. The predicted molar refractivity (Wildman–Crippen MR) is 66.1 cm³/mol. The zero-order valence-corrected chi connectivity index (χ0v) is 10.4. The number of ether oxygens (including phenoxy) is 1. The van der Waals surface area contributed by atoms with Crippen molar-refractivity contribution >= 4 is 11.6 Å². The minimum absolute atomic E-state index is 0.139. The summed E-state index contributed by atoms with van der Waals surface area (Å²) < 4.78 is 19.1. The maximum Gasteiger partial charge on any atom is 0.259 e. The molecule has 0 aliphatic heterocycles. The second kappa shape index (κ2) is 5.29. The fourth-order valence-electron chi connectivity index (χ4n) is 1.44. The van der Waals surface area contributed by atoms with Crippen molar-refractivity contribution in [2.45, 2.75) is 13.5 Å². The van der Waals surface area contributed by atoms with Crippen molar-refractivity contribution in [3.8, 4) is 11.6 Å². The molecule has 18 heavy (non-hydrogen) atoms. The van der Waals surface area contributed by atoms with Crippen LogP contribution in [0, 0.1) is 12.7 Å². The zero-order valence-electron chi connectivity index (χ0n) is 9.65. The number of aryl methyl sites for hydroxylation is 1. The maximum absolute atomic E-state index is 13.7. The molecular weight excluding hydrogens is 257 g/mol. The molecule has 0 saturated heterocycles. The van der Waals surface area contributed by atoms with Crippen LogP contribution in [0.2, 0.25) is 5.02 Å². The Labute approximate surface area is 109 Å². The van der Waals surface area contributed by atoms with E-state index in [1.54, 1.807) is 18.2 Å². The molecule has 0 unspecified atom stereocenters. The predicted octanol–water partition coefficient (Wildman–Crippen LogP) is 2.83. The average molecular weight is 268 g/mol. The lowest BCUT2D eigenvalue weighted by molar-refractivity contribution is 0.413. The van der Waals surface area contributed by atoms with E-state index in [-0.39, 0.29) is 18.1 Å². The molecule has 1 heterocycles. The van der Waals surface area contributed by atoms with Crippen molar-refractivity contribution < 1.29 is 9.13 Å². The summed E-state index contributed by atoms with van der Waals surface area (Å²) in [6.07, 6.45) is 1.24. The number of aromatic nitrogens is 2. The second-order valence-corrected chi connectivity index (χ2v) is 4.01. The van der Waals surface area contributed by atoms with Crippen LogP contribution in [-0.4, -0.2) is 9.97 Å². The second-order valence-electron chi connectivity index (χ2n) is 3.60. The topological polar surface area (TPSA) is 61.0 Å². The van der Waals surface area contributed by atoms with Crippen molar-refractivity contribution in [3.63, 3.8) is 0 Å². The lowest BCUT2D eigenvalue weighted by Gasteiger charge is -2.11. The van der Waals surface area contributed by atoms with Crippen molar-refractivity contribution in [2.75, 3.05) is 0 Å². The molecule has 2 rings (SSSR count). The van der Waals surface area contributed by atoms with Gasteiger partial charge in [-0.05, 0) is 19.1 Å². The Bertz CT molecular complexity index is 577. The molecule has 1 aromatic heterocycles. The molecule has 0 atom stereocenters. The molecule has 0 fully saturated rings. The van der Waals surface area contributed by atoms with Crippen LogP contribution < -0.4 is 10.5 Å². The number of nitrogens with two attached hydrogens (primary N) is 1. The van der Waals surface area contributed by atoms with Gasteiger partial charge in [-0.15, -0.1) is 0 Å². The highest BCUT2D eigenvalue weighted by molar-refractivity contribution is 6.31. The van der Waals surface area contributed by atoms with Gasteiger partial charge in [0.1, 0.15) is 12.1 Å². The van der Waals surface area contributed by atoms with E-state index in [9.17, 15) is 4.39 Å². The van der Waals surface area contributed by atoms with Gasteiger partial charge in [0.2, 0.25) is 5.82 Å². The molecule has 94 valence electrons. The molecule has 0 saturated carbocycles. The summed E-state index contributed by atoms with van der Waals surface area (Å²) in [7, 11) is 0. The summed E-state index contributed by atoms with van der Waals surface area (Å²) in [4.78, 5) is 7.47. The van der Waals surface area contributed by atoms with Crippen molar-refractivity contribution in [1.29, 1.82) is 0 Å². The van der Waals surface area contributed by atoms with Crippen molar-refractivity contribution in [3.05, 3.63) is 46.6 Å². The first-order chi connectivity index (χ1) is 8.63. The quantitative estimate of drug-likeness (QED) is 0.929. The summed E-state index contributed by atoms with van der Waals surface area (Å²) in [6, 6.07) is 5.05. The van der Waals surface area contributed by atoms with Gasteiger partial charge in [0.15, 0.2) is 0 Å². The number of hydrogen-bond acceptors (Lipinski definition) is 4. The first-order valence-electron chi connectivity index (χ1n) is 5.26. The molecule has 2 N–H and O–H groups in total. The lowest BCUT2D eigenvalue weighted by Crippen LogP contribution is -2.02. The van der Waals surface area contributed by atoms with Gasteiger partial charge in [-0.2, -0.15) is 9.37 Å².